The highest BCUT2D eigenvalue weighted by Gasteiger charge is 2.22. The van der Waals surface area contributed by atoms with Gasteiger partial charge in [-0.1, -0.05) is 104 Å². The van der Waals surface area contributed by atoms with E-state index >= 15 is 0 Å². The average molecular weight is 422 g/mol. The fraction of sp³-hybridized carbons (Fsp3) is 0.952. The molecule has 0 saturated heterocycles. The Kier molecular flexibility index (Phi) is 18.3. The zero-order valence-corrected chi connectivity index (χ0v) is 19.1. The van der Waals surface area contributed by atoms with Crippen LogP contribution in [0.3, 0.4) is 0 Å². The minimum Gasteiger partial charge on any atom is -0.330 e. The van der Waals surface area contributed by atoms with Gasteiger partial charge in [0.25, 0.3) is 0 Å². The van der Waals surface area contributed by atoms with Crippen molar-refractivity contribution < 1.29 is 23.7 Å². The summed E-state index contributed by atoms with van der Waals surface area (Å²) in [5, 5.41) is 2.52. The maximum absolute atomic E-state index is 11.8. The van der Waals surface area contributed by atoms with E-state index in [0.29, 0.717) is 12.8 Å². The molecule has 0 rings (SSSR count). The fourth-order valence-electron chi connectivity index (χ4n) is 3.28. The Bertz CT molecular complexity index is 414. The summed E-state index contributed by atoms with van der Waals surface area (Å²) in [6.45, 7) is 3.96. The molecule has 0 saturated carbocycles. The molecule has 0 aromatic rings. The highest BCUT2D eigenvalue weighted by atomic mass is 31.2. The van der Waals surface area contributed by atoms with Gasteiger partial charge in [-0.2, -0.15) is 0 Å². The Morgan fingerprint density at radius 1 is 0.786 bits per heavy atom. The van der Waals surface area contributed by atoms with E-state index in [1.165, 1.54) is 77.0 Å². The SMILES string of the molecule is CCCCCCCCCCCCCCCCCC(=O)NC(CC)OP(=O)(O)O. The van der Waals surface area contributed by atoms with Gasteiger partial charge in [0.2, 0.25) is 5.91 Å². The number of unbranched alkanes of at least 4 members (excludes halogenated alkanes) is 14. The monoisotopic (exact) mass is 421 g/mol. The second kappa shape index (κ2) is 18.6. The van der Waals surface area contributed by atoms with E-state index < -0.39 is 14.1 Å². The summed E-state index contributed by atoms with van der Waals surface area (Å²) in [4.78, 5) is 29.4. The topological polar surface area (TPSA) is 95.9 Å². The van der Waals surface area contributed by atoms with Gasteiger partial charge >= 0.3 is 7.82 Å². The fourth-order valence-corrected chi connectivity index (χ4v) is 3.81. The van der Waals surface area contributed by atoms with Crippen LogP contribution in [0.5, 0.6) is 0 Å². The lowest BCUT2D eigenvalue weighted by Gasteiger charge is -2.17. The molecule has 0 fully saturated rings. The molecule has 0 aromatic heterocycles. The van der Waals surface area contributed by atoms with Crippen LogP contribution in [0.25, 0.3) is 0 Å². The number of hydrogen-bond acceptors (Lipinski definition) is 3. The Hall–Kier alpha value is -0.420. The molecule has 0 aromatic carbocycles. The van der Waals surface area contributed by atoms with Crippen molar-refractivity contribution in [2.45, 2.75) is 129 Å². The van der Waals surface area contributed by atoms with Crippen molar-refractivity contribution in [3.05, 3.63) is 0 Å². The van der Waals surface area contributed by atoms with Crippen molar-refractivity contribution in [1.82, 2.24) is 5.32 Å². The van der Waals surface area contributed by atoms with Crippen molar-refractivity contribution >= 4 is 13.7 Å². The van der Waals surface area contributed by atoms with Crippen molar-refractivity contribution in [3.8, 4) is 0 Å². The maximum Gasteiger partial charge on any atom is 0.471 e. The first-order valence-electron chi connectivity index (χ1n) is 11.4. The van der Waals surface area contributed by atoms with Gasteiger partial charge in [-0.15, -0.1) is 0 Å². The number of carbonyl (C=O) groups excluding carboxylic acids is 1. The Morgan fingerprint density at radius 3 is 1.54 bits per heavy atom. The first-order valence-corrected chi connectivity index (χ1v) is 12.9. The molecule has 0 aliphatic heterocycles. The minimum atomic E-state index is -4.57. The molecule has 0 radical (unpaired) electrons. The molecule has 0 aliphatic rings. The minimum absolute atomic E-state index is 0.213. The van der Waals surface area contributed by atoms with E-state index in [2.05, 4.69) is 16.8 Å². The number of nitrogens with one attached hydrogen (secondary N) is 1. The molecule has 28 heavy (non-hydrogen) atoms. The molecule has 7 heteroatoms. The van der Waals surface area contributed by atoms with Crippen molar-refractivity contribution in [1.29, 1.82) is 0 Å². The van der Waals surface area contributed by atoms with Crippen molar-refractivity contribution in [2.24, 2.45) is 0 Å². The summed E-state index contributed by atoms with van der Waals surface area (Å²) in [7, 11) is -4.57. The number of phosphoric ester groups is 1. The van der Waals surface area contributed by atoms with Gasteiger partial charge in [-0.25, -0.2) is 4.57 Å². The van der Waals surface area contributed by atoms with Crippen LogP contribution in [0.4, 0.5) is 0 Å². The Morgan fingerprint density at radius 2 is 1.18 bits per heavy atom. The predicted octanol–water partition coefficient (Wildman–Crippen LogP) is 6.21. The number of phosphoric acid groups is 1. The van der Waals surface area contributed by atoms with Gasteiger partial charge in [0, 0.05) is 6.42 Å². The molecule has 6 nitrogen and oxygen atoms in total. The van der Waals surface area contributed by atoms with Gasteiger partial charge in [-0.05, 0) is 12.8 Å². The average Bonchev–Trinajstić information content (AvgIpc) is 2.63. The highest BCUT2D eigenvalue weighted by molar-refractivity contribution is 7.46. The molecule has 0 aliphatic carbocycles. The van der Waals surface area contributed by atoms with E-state index in [0.717, 1.165) is 19.3 Å². The normalized spacial score (nSPS) is 12.9. The Balaban J connectivity index is 3.38. The molecule has 0 bridgehead atoms. The second-order valence-corrected chi connectivity index (χ2v) is 8.95. The number of amides is 1. The van der Waals surface area contributed by atoms with E-state index in [-0.39, 0.29) is 5.91 Å². The first-order chi connectivity index (χ1) is 13.4. The largest absolute Gasteiger partial charge is 0.471 e. The molecular formula is C21H44NO5P. The lowest BCUT2D eigenvalue weighted by molar-refractivity contribution is -0.123. The second-order valence-electron chi connectivity index (χ2n) is 7.76. The summed E-state index contributed by atoms with van der Waals surface area (Å²) >= 11 is 0. The van der Waals surface area contributed by atoms with Crippen LogP contribution in [0.15, 0.2) is 0 Å². The van der Waals surface area contributed by atoms with Crippen LogP contribution in [0.1, 0.15) is 123 Å². The molecule has 0 spiro atoms. The maximum atomic E-state index is 11.8. The summed E-state index contributed by atoms with van der Waals surface area (Å²) in [5.41, 5.74) is 0. The van der Waals surface area contributed by atoms with Crippen molar-refractivity contribution in [2.75, 3.05) is 0 Å². The lowest BCUT2D eigenvalue weighted by atomic mass is 10.0. The zero-order valence-electron chi connectivity index (χ0n) is 18.2. The summed E-state index contributed by atoms with van der Waals surface area (Å²) in [5.74, 6) is -0.213. The number of rotatable bonds is 20. The van der Waals surface area contributed by atoms with Crippen molar-refractivity contribution in [3.63, 3.8) is 0 Å². The van der Waals surface area contributed by atoms with Crippen LogP contribution in [-0.4, -0.2) is 21.9 Å². The van der Waals surface area contributed by atoms with Gasteiger partial charge in [0.1, 0.15) is 6.23 Å². The lowest BCUT2D eigenvalue weighted by Crippen LogP contribution is -2.35. The van der Waals surface area contributed by atoms with Crippen LogP contribution in [0.2, 0.25) is 0 Å². The zero-order chi connectivity index (χ0) is 21.1. The van der Waals surface area contributed by atoms with Crippen LogP contribution in [-0.2, 0) is 13.9 Å². The van der Waals surface area contributed by atoms with E-state index in [1.807, 2.05) is 0 Å². The number of carbonyl (C=O) groups is 1. The smallest absolute Gasteiger partial charge is 0.330 e. The highest BCUT2D eigenvalue weighted by Crippen LogP contribution is 2.37. The predicted molar refractivity (Wildman–Crippen MR) is 115 cm³/mol. The summed E-state index contributed by atoms with van der Waals surface area (Å²) in [6, 6.07) is 0. The Labute approximate surface area is 172 Å². The molecule has 3 N–H and O–H groups in total. The van der Waals surface area contributed by atoms with Crippen LogP contribution < -0.4 is 5.32 Å². The molecule has 1 atom stereocenters. The summed E-state index contributed by atoms with van der Waals surface area (Å²) in [6.07, 6.45) is 18.9. The van der Waals surface area contributed by atoms with Crippen LogP contribution >= 0.6 is 7.82 Å². The third-order valence-electron chi connectivity index (χ3n) is 4.96. The number of hydrogen-bond donors (Lipinski definition) is 3. The van der Waals surface area contributed by atoms with E-state index in [1.54, 1.807) is 6.92 Å². The summed E-state index contributed by atoms with van der Waals surface area (Å²) < 4.78 is 15.3. The molecular weight excluding hydrogens is 377 g/mol. The third-order valence-corrected chi connectivity index (χ3v) is 5.49. The quantitative estimate of drug-likeness (QED) is 0.123. The van der Waals surface area contributed by atoms with Gasteiger partial charge < -0.3 is 15.1 Å². The molecule has 168 valence electrons. The van der Waals surface area contributed by atoms with E-state index in [4.69, 9.17) is 9.79 Å². The van der Waals surface area contributed by atoms with Gasteiger partial charge in [0.15, 0.2) is 0 Å². The molecule has 0 heterocycles. The van der Waals surface area contributed by atoms with Crippen LogP contribution in [0, 0.1) is 0 Å². The standard InChI is InChI=1S/C21H44NO5P/c1-3-5-6-7-8-9-10-11-12-13-14-15-16-17-18-19-20(23)22-21(4-2)27-28(24,25)26/h21H,3-19H2,1-2H3,(H,22,23)(H2,24,25,26). The molecule has 1 unspecified atom stereocenters. The van der Waals surface area contributed by atoms with E-state index in [9.17, 15) is 9.36 Å². The first kappa shape index (κ1) is 27.6. The third kappa shape index (κ3) is 20.3. The van der Waals surface area contributed by atoms with Gasteiger partial charge in [-0.3, -0.25) is 9.32 Å². The molecule has 1 amide bonds. The van der Waals surface area contributed by atoms with Gasteiger partial charge in [0.05, 0.1) is 0 Å².